The summed E-state index contributed by atoms with van der Waals surface area (Å²) in [6.07, 6.45) is -4.71. The van der Waals surface area contributed by atoms with E-state index in [9.17, 15) is 13.2 Å². The molecule has 0 heterocycles. The monoisotopic (exact) mass is 191 g/mol. The summed E-state index contributed by atoms with van der Waals surface area (Å²) in [6, 6.07) is 6.28. The van der Waals surface area contributed by atoms with E-state index in [1.54, 1.807) is 0 Å². The van der Waals surface area contributed by atoms with Crippen LogP contribution in [-0.2, 0) is 0 Å². The Morgan fingerprint density at radius 3 is 2.54 bits per heavy atom. The Hall–Kier alpha value is -1.39. The van der Waals surface area contributed by atoms with E-state index in [1.165, 1.54) is 19.2 Å². The second-order valence-electron chi connectivity index (χ2n) is 2.12. The first-order valence-electron chi connectivity index (χ1n) is 3.33. The fourth-order valence-corrected chi connectivity index (χ4v) is 0.774. The van der Waals surface area contributed by atoms with Crippen LogP contribution in [0.1, 0.15) is 0 Å². The van der Waals surface area contributed by atoms with Crippen molar-refractivity contribution in [3.05, 3.63) is 24.3 Å². The molecule has 1 radical (unpaired) electrons. The van der Waals surface area contributed by atoms with Gasteiger partial charge in [-0.2, -0.15) is 0 Å². The molecule has 0 aliphatic heterocycles. The first-order valence-corrected chi connectivity index (χ1v) is 3.33. The van der Waals surface area contributed by atoms with Crippen LogP contribution in [0.15, 0.2) is 18.2 Å². The van der Waals surface area contributed by atoms with Gasteiger partial charge in [0.15, 0.2) is 11.5 Å². The molecule has 0 saturated carbocycles. The Morgan fingerprint density at radius 1 is 1.31 bits per heavy atom. The van der Waals surface area contributed by atoms with Gasteiger partial charge in [0.1, 0.15) is 0 Å². The molecule has 5 heteroatoms. The third-order valence-corrected chi connectivity index (χ3v) is 1.23. The summed E-state index contributed by atoms with van der Waals surface area (Å²) in [5, 5.41) is 0. The van der Waals surface area contributed by atoms with Crippen molar-refractivity contribution in [1.82, 2.24) is 0 Å². The molecule has 0 fully saturated rings. The highest BCUT2D eigenvalue weighted by Gasteiger charge is 2.32. The molecule has 1 rings (SSSR count). The average molecular weight is 191 g/mol. The van der Waals surface area contributed by atoms with Crippen LogP contribution in [0.5, 0.6) is 11.5 Å². The van der Waals surface area contributed by atoms with Gasteiger partial charge in [0, 0.05) is 0 Å². The molecule has 0 aromatic heterocycles. The zero-order valence-electron chi connectivity index (χ0n) is 6.68. The molecule has 1 aromatic carbocycles. The molecule has 1 aromatic rings. The van der Waals surface area contributed by atoms with E-state index in [1.807, 2.05) is 0 Å². The Bertz CT molecular complexity index is 283. The normalized spacial score (nSPS) is 11.1. The first kappa shape index (κ1) is 9.70. The van der Waals surface area contributed by atoms with Crippen LogP contribution in [0, 0.1) is 6.07 Å². The largest absolute Gasteiger partial charge is 0.573 e. The molecule has 0 aliphatic carbocycles. The Morgan fingerprint density at radius 2 is 2.00 bits per heavy atom. The lowest BCUT2D eigenvalue weighted by Gasteiger charge is -2.11. The summed E-state index contributed by atoms with van der Waals surface area (Å²) in [5.41, 5.74) is 0. The van der Waals surface area contributed by atoms with E-state index in [0.29, 0.717) is 0 Å². The predicted octanol–water partition coefficient (Wildman–Crippen LogP) is 2.39. The van der Waals surface area contributed by atoms with Gasteiger partial charge in [-0.25, -0.2) is 0 Å². The number of methoxy groups -OCH3 is 1. The van der Waals surface area contributed by atoms with Crippen molar-refractivity contribution in [1.29, 1.82) is 0 Å². The number of alkyl halides is 3. The van der Waals surface area contributed by atoms with Crippen LogP contribution in [-0.4, -0.2) is 13.5 Å². The third-order valence-electron chi connectivity index (χ3n) is 1.23. The van der Waals surface area contributed by atoms with Gasteiger partial charge >= 0.3 is 6.36 Å². The quantitative estimate of drug-likeness (QED) is 0.714. The Balaban J connectivity index is 2.87. The van der Waals surface area contributed by atoms with Crippen LogP contribution in [0.3, 0.4) is 0 Å². The van der Waals surface area contributed by atoms with Crippen LogP contribution in [0.2, 0.25) is 0 Å². The van der Waals surface area contributed by atoms with E-state index in [2.05, 4.69) is 15.5 Å². The second-order valence-corrected chi connectivity index (χ2v) is 2.12. The van der Waals surface area contributed by atoms with Crippen molar-refractivity contribution in [2.75, 3.05) is 7.11 Å². The second kappa shape index (κ2) is 3.55. The van der Waals surface area contributed by atoms with Crippen molar-refractivity contribution in [3.63, 3.8) is 0 Å². The predicted molar refractivity (Wildman–Crippen MR) is 38.5 cm³/mol. The molecular weight excluding hydrogens is 185 g/mol. The zero-order valence-corrected chi connectivity index (χ0v) is 6.68. The number of hydrogen-bond donors (Lipinski definition) is 0. The molecule has 0 amide bonds. The summed E-state index contributed by atoms with van der Waals surface area (Å²) < 4.78 is 43.6. The molecular formula is C8H6F3O2. The van der Waals surface area contributed by atoms with Gasteiger partial charge < -0.3 is 9.47 Å². The van der Waals surface area contributed by atoms with Crippen molar-refractivity contribution in [3.8, 4) is 11.5 Å². The van der Waals surface area contributed by atoms with Crippen molar-refractivity contribution in [2.24, 2.45) is 0 Å². The first-order chi connectivity index (χ1) is 6.03. The standard InChI is InChI=1S/C8H6F3O2/c1-12-6-4-2-3-5-7(6)13-8(9,10)11/h2,4-5H,1H3. The van der Waals surface area contributed by atoms with Crippen LogP contribution in [0.4, 0.5) is 13.2 Å². The minimum Gasteiger partial charge on any atom is -0.493 e. The summed E-state index contributed by atoms with van der Waals surface area (Å²) in [6.45, 7) is 0. The number of rotatable bonds is 2. The van der Waals surface area contributed by atoms with Gasteiger partial charge in [0.05, 0.1) is 7.11 Å². The SMILES string of the molecule is COc1cc[c]cc1OC(F)(F)F. The third kappa shape index (κ3) is 2.85. The molecule has 0 bridgehead atoms. The molecule has 13 heavy (non-hydrogen) atoms. The summed E-state index contributed by atoms with van der Waals surface area (Å²) in [4.78, 5) is 0. The molecule has 0 spiro atoms. The van der Waals surface area contributed by atoms with Gasteiger partial charge in [-0.15, -0.1) is 13.2 Å². The van der Waals surface area contributed by atoms with E-state index in [-0.39, 0.29) is 5.75 Å². The van der Waals surface area contributed by atoms with E-state index in [4.69, 9.17) is 0 Å². The summed E-state index contributed by atoms with van der Waals surface area (Å²) in [7, 11) is 1.26. The van der Waals surface area contributed by atoms with Gasteiger partial charge in [-0.05, 0) is 18.2 Å². The highest BCUT2D eigenvalue weighted by Crippen LogP contribution is 2.30. The molecule has 0 atom stereocenters. The van der Waals surface area contributed by atoms with Gasteiger partial charge in [0.2, 0.25) is 0 Å². The summed E-state index contributed by atoms with van der Waals surface area (Å²) in [5.74, 6) is -0.367. The maximum Gasteiger partial charge on any atom is 0.573 e. The molecule has 2 nitrogen and oxygen atoms in total. The van der Waals surface area contributed by atoms with Crippen molar-refractivity contribution < 1.29 is 22.6 Å². The maximum atomic E-state index is 11.8. The van der Waals surface area contributed by atoms with Gasteiger partial charge in [-0.3, -0.25) is 0 Å². The Labute approximate surface area is 72.9 Å². The lowest BCUT2D eigenvalue weighted by Crippen LogP contribution is -2.17. The van der Waals surface area contributed by atoms with Crippen molar-refractivity contribution in [2.45, 2.75) is 6.36 Å². The fourth-order valence-electron chi connectivity index (χ4n) is 0.774. The molecule has 0 N–H and O–H groups in total. The highest BCUT2D eigenvalue weighted by atomic mass is 19.4. The minimum absolute atomic E-state index is 0.0241. The molecule has 0 unspecified atom stereocenters. The van der Waals surface area contributed by atoms with Gasteiger partial charge in [-0.1, -0.05) is 6.07 Å². The average Bonchev–Trinajstić information content (AvgIpc) is 2.02. The number of benzene rings is 1. The van der Waals surface area contributed by atoms with Crippen LogP contribution < -0.4 is 9.47 Å². The maximum absolute atomic E-state index is 11.8. The molecule has 71 valence electrons. The Kier molecular flexibility index (Phi) is 2.65. The topological polar surface area (TPSA) is 18.5 Å². The van der Waals surface area contributed by atoms with E-state index < -0.39 is 12.1 Å². The van der Waals surface area contributed by atoms with E-state index >= 15 is 0 Å². The summed E-state index contributed by atoms with van der Waals surface area (Å²) >= 11 is 0. The number of hydrogen-bond acceptors (Lipinski definition) is 2. The van der Waals surface area contributed by atoms with Gasteiger partial charge in [0.25, 0.3) is 0 Å². The number of ether oxygens (including phenoxy) is 2. The number of halogens is 3. The molecule has 0 saturated heterocycles. The van der Waals surface area contributed by atoms with E-state index in [0.717, 1.165) is 6.07 Å². The zero-order chi connectivity index (χ0) is 9.90. The lowest BCUT2D eigenvalue weighted by molar-refractivity contribution is -0.275. The van der Waals surface area contributed by atoms with Crippen molar-refractivity contribution >= 4 is 0 Å². The van der Waals surface area contributed by atoms with Crippen LogP contribution in [0.25, 0.3) is 0 Å². The fraction of sp³-hybridized carbons (Fsp3) is 0.250. The minimum atomic E-state index is -4.71. The highest BCUT2D eigenvalue weighted by molar-refractivity contribution is 5.38. The lowest BCUT2D eigenvalue weighted by atomic mass is 10.3. The van der Waals surface area contributed by atoms with Crippen LogP contribution >= 0.6 is 0 Å². The smallest absolute Gasteiger partial charge is 0.493 e. The molecule has 0 aliphatic rings.